The SMILES string of the molecule is CN(C)CCn1ncc(Br)c1C(NN)c1cncnc1. The van der Waals surface area contributed by atoms with Crippen molar-refractivity contribution in [3.05, 3.63) is 40.6 Å². The van der Waals surface area contributed by atoms with Crippen LogP contribution in [0.25, 0.3) is 0 Å². The van der Waals surface area contributed by atoms with Gasteiger partial charge in [-0.1, -0.05) is 0 Å². The Bertz CT molecular complexity index is 540. The predicted octanol–water partition coefficient (Wildman–Crippen LogP) is 0.550. The van der Waals surface area contributed by atoms with Crippen LogP contribution in [0, 0.1) is 0 Å². The number of aromatic nitrogens is 4. The molecule has 7 nitrogen and oxygen atoms in total. The summed E-state index contributed by atoms with van der Waals surface area (Å²) in [7, 11) is 4.06. The zero-order valence-electron chi connectivity index (χ0n) is 11.5. The molecule has 3 N–H and O–H groups in total. The highest BCUT2D eigenvalue weighted by molar-refractivity contribution is 9.10. The van der Waals surface area contributed by atoms with Crippen molar-refractivity contribution in [2.75, 3.05) is 20.6 Å². The topological polar surface area (TPSA) is 84.9 Å². The molecule has 0 spiro atoms. The molecule has 1 unspecified atom stereocenters. The van der Waals surface area contributed by atoms with Crippen molar-refractivity contribution in [3.8, 4) is 0 Å². The molecule has 8 heteroatoms. The summed E-state index contributed by atoms with van der Waals surface area (Å²) in [6.45, 7) is 1.67. The fourth-order valence-corrected chi connectivity index (χ4v) is 2.45. The van der Waals surface area contributed by atoms with E-state index >= 15 is 0 Å². The van der Waals surface area contributed by atoms with Gasteiger partial charge in [-0.3, -0.25) is 10.5 Å². The second kappa shape index (κ2) is 6.89. The number of hydrogen-bond acceptors (Lipinski definition) is 6. The number of hydrazine groups is 1. The number of hydrogen-bond donors (Lipinski definition) is 2. The fourth-order valence-electron chi connectivity index (χ4n) is 1.92. The summed E-state index contributed by atoms with van der Waals surface area (Å²) in [5.74, 6) is 5.71. The lowest BCUT2D eigenvalue weighted by atomic mass is 10.1. The number of nitrogens with zero attached hydrogens (tertiary/aromatic N) is 5. The second-order valence-electron chi connectivity index (χ2n) is 4.68. The van der Waals surface area contributed by atoms with E-state index in [2.05, 4.69) is 41.3 Å². The van der Waals surface area contributed by atoms with E-state index in [0.29, 0.717) is 0 Å². The smallest absolute Gasteiger partial charge is 0.115 e. The lowest BCUT2D eigenvalue weighted by molar-refractivity contribution is 0.365. The van der Waals surface area contributed by atoms with E-state index in [1.807, 2.05) is 18.8 Å². The quantitative estimate of drug-likeness (QED) is 0.590. The summed E-state index contributed by atoms with van der Waals surface area (Å²) < 4.78 is 2.84. The average molecular weight is 340 g/mol. The first-order valence-electron chi connectivity index (χ1n) is 6.20. The molecule has 0 saturated carbocycles. The number of halogens is 1. The Balaban J connectivity index is 2.32. The third-order valence-electron chi connectivity index (χ3n) is 2.95. The third-order valence-corrected chi connectivity index (χ3v) is 3.56. The van der Waals surface area contributed by atoms with Crippen LogP contribution in [0.5, 0.6) is 0 Å². The van der Waals surface area contributed by atoms with Gasteiger partial charge in [0, 0.05) is 24.5 Å². The highest BCUT2D eigenvalue weighted by Crippen LogP contribution is 2.27. The Morgan fingerprint density at radius 3 is 2.65 bits per heavy atom. The van der Waals surface area contributed by atoms with E-state index < -0.39 is 0 Å². The first-order valence-corrected chi connectivity index (χ1v) is 6.99. The van der Waals surface area contributed by atoms with E-state index in [1.54, 1.807) is 18.6 Å². The molecule has 0 saturated heterocycles. The summed E-state index contributed by atoms with van der Waals surface area (Å²) in [5, 5.41) is 4.39. The first-order chi connectivity index (χ1) is 9.63. The molecule has 0 aromatic carbocycles. The average Bonchev–Trinajstić information content (AvgIpc) is 2.80. The fraction of sp³-hybridized carbons (Fsp3) is 0.417. The van der Waals surface area contributed by atoms with E-state index in [-0.39, 0.29) is 6.04 Å². The first kappa shape index (κ1) is 15.0. The van der Waals surface area contributed by atoms with Gasteiger partial charge < -0.3 is 4.90 Å². The molecule has 0 aliphatic rings. The normalized spacial score (nSPS) is 12.8. The van der Waals surface area contributed by atoms with Crippen LogP contribution in [0.3, 0.4) is 0 Å². The molecule has 2 heterocycles. The summed E-state index contributed by atoms with van der Waals surface area (Å²) in [5.41, 5.74) is 4.66. The monoisotopic (exact) mass is 339 g/mol. The van der Waals surface area contributed by atoms with Gasteiger partial charge in [-0.25, -0.2) is 15.4 Å². The van der Waals surface area contributed by atoms with Crippen molar-refractivity contribution in [1.29, 1.82) is 0 Å². The summed E-state index contributed by atoms with van der Waals surface area (Å²) in [6, 6.07) is -0.213. The van der Waals surface area contributed by atoms with E-state index in [1.165, 1.54) is 6.33 Å². The van der Waals surface area contributed by atoms with Gasteiger partial charge in [0.1, 0.15) is 6.33 Å². The lowest BCUT2D eigenvalue weighted by Crippen LogP contribution is -2.32. The van der Waals surface area contributed by atoms with E-state index in [9.17, 15) is 0 Å². The number of rotatable bonds is 6. The van der Waals surface area contributed by atoms with Gasteiger partial charge in [-0.05, 0) is 30.0 Å². The maximum atomic E-state index is 5.71. The Labute approximate surface area is 126 Å². The number of nitrogens with one attached hydrogen (secondary N) is 1. The highest BCUT2D eigenvalue weighted by atomic mass is 79.9. The van der Waals surface area contributed by atoms with Gasteiger partial charge >= 0.3 is 0 Å². The van der Waals surface area contributed by atoms with Crippen LogP contribution in [0.4, 0.5) is 0 Å². The Morgan fingerprint density at radius 1 is 1.35 bits per heavy atom. The predicted molar refractivity (Wildman–Crippen MR) is 79.7 cm³/mol. The van der Waals surface area contributed by atoms with Crippen LogP contribution < -0.4 is 11.3 Å². The lowest BCUT2D eigenvalue weighted by Gasteiger charge is -2.19. The molecule has 0 fully saturated rings. The van der Waals surface area contributed by atoms with Crippen LogP contribution in [-0.2, 0) is 6.54 Å². The minimum absolute atomic E-state index is 0.213. The van der Waals surface area contributed by atoms with Crippen molar-refractivity contribution in [2.24, 2.45) is 5.84 Å². The Morgan fingerprint density at radius 2 is 2.05 bits per heavy atom. The number of likely N-dealkylation sites (N-methyl/N-ethyl adjacent to an activating group) is 1. The van der Waals surface area contributed by atoms with Crippen molar-refractivity contribution in [1.82, 2.24) is 30.1 Å². The third kappa shape index (κ3) is 3.40. The molecular formula is C12H18BrN7. The van der Waals surface area contributed by atoms with Crippen LogP contribution in [0.1, 0.15) is 17.3 Å². The molecule has 108 valence electrons. The van der Waals surface area contributed by atoms with Gasteiger partial charge in [-0.15, -0.1) is 0 Å². The molecular weight excluding hydrogens is 322 g/mol. The molecule has 0 aliphatic carbocycles. The van der Waals surface area contributed by atoms with Crippen LogP contribution in [-0.4, -0.2) is 45.3 Å². The van der Waals surface area contributed by atoms with Gasteiger partial charge in [-0.2, -0.15) is 5.10 Å². The van der Waals surface area contributed by atoms with E-state index in [0.717, 1.165) is 28.8 Å². The van der Waals surface area contributed by atoms with Gasteiger partial charge in [0.15, 0.2) is 0 Å². The minimum atomic E-state index is -0.213. The minimum Gasteiger partial charge on any atom is -0.308 e. The van der Waals surface area contributed by atoms with Crippen molar-refractivity contribution in [3.63, 3.8) is 0 Å². The standard InChI is InChI=1S/C12H18BrN7/c1-19(2)3-4-20-12(10(13)7-17-20)11(18-14)9-5-15-8-16-6-9/h5-8,11,18H,3-4,14H2,1-2H3. The molecule has 2 rings (SSSR count). The van der Waals surface area contributed by atoms with Crippen LogP contribution >= 0.6 is 15.9 Å². The van der Waals surface area contributed by atoms with Gasteiger partial charge in [0.2, 0.25) is 0 Å². The second-order valence-corrected chi connectivity index (χ2v) is 5.53. The van der Waals surface area contributed by atoms with Gasteiger partial charge in [0.25, 0.3) is 0 Å². The molecule has 0 aliphatic heterocycles. The molecule has 1 atom stereocenters. The zero-order chi connectivity index (χ0) is 14.5. The molecule has 2 aromatic rings. The highest BCUT2D eigenvalue weighted by Gasteiger charge is 2.21. The van der Waals surface area contributed by atoms with Crippen molar-refractivity contribution >= 4 is 15.9 Å². The molecule has 0 amide bonds. The van der Waals surface area contributed by atoms with E-state index in [4.69, 9.17) is 5.84 Å². The van der Waals surface area contributed by atoms with Gasteiger partial charge in [0.05, 0.1) is 29.0 Å². The molecule has 0 radical (unpaired) electrons. The summed E-state index contributed by atoms with van der Waals surface area (Å²) >= 11 is 3.53. The molecule has 0 bridgehead atoms. The largest absolute Gasteiger partial charge is 0.308 e. The zero-order valence-corrected chi connectivity index (χ0v) is 13.1. The van der Waals surface area contributed by atoms with Crippen LogP contribution in [0.2, 0.25) is 0 Å². The Hall–Kier alpha value is -1.35. The maximum absolute atomic E-state index is 5.71. The van der Waals surface area contributed by atoms with Crippen molar-refractivity contribution in [2.45, 2.75) is 12.6 Å². The van der Waals surface area contributed by atoms with Crippen LogP contribution in [0.15, 0.2) is 29.4 Å². The molecule has 20 heavy (non-hydrogen) atoms. The maximum Gasteiger partial charge on any atom is 0.115 e. The summed E-state index contributed by atoms with van der Waals surface area (Å²) in [6.07, 6.45) is 6.76. The van der Waals surface area contributed by atoms with Crippen molar-refractivity contribution < 1.29 is 0 Å². The number of nitrogens with two attached hydrogens (primary N) is 1. The Kier molecular flexibility index (Phi) is 5.18. The summed E-state index contributed by atoms with van der Waals surface area (Å²) in [4.78, 5) is 10.2. The molecule has 2 aromatic heterocycles.